The lowest BCUT2D eigenvalue weighted by Crippen LogP contribution is -2.48. The van der Waals surface area contributed by atoms with Gasteiger partial charge in [0.1, 0.15) is 11.2 Å². The van der Waals surface area contributed by atoms with Crippen LogP contribution in [0.3, 0.4) is 0 Å². The van der Waals surface area contributed by atoms with Gasteiger partial charge in [0, 0.05) is 7.05 Å². The Labute approximate surface area is 101 Å². The number of halogens is 3. The molecule has 5 nitrogen and oxygen atoms in total. The Morgan fingerprint density at radius 3 is 2.39 bits per heavy atom. The first-order chi connectivity index (χ1) is 8.18. The molecular weight excluding hydrogens is 249 g/mol. The molecular formula is C10H13F3N4O. The molecule has 0 unspecified atom stereocenters. The molecule has 0 aromatic carbocycles. The second-order valence-electron chi connectivity index (χ2n) is 4.51. The van der Waals surface area contributed by atoms with Crippen LogP contribution in [-0.2, 0) is 7.05 Å². The number of nitrogens with zero attached hydrogens (tertiary/aromatic N) is 2. The third-order valence-electron chi connectivity index (χ3n) is 3.13. The van der Waals surface area contributed by atoms with Crippen LogP contribution in [0.4, 0.5) is 18.9 Å². The number of anilines is 1. The molecule has 8 heteroatoms. The zero-order valence-electron chi connectivity index (χ0n) is 9.93. The molecule has 1 amide bonds. The average molecular weight is 262 g/mol. The van der Waals surface area contributed by atoms with Gasteiger partial charge in [-0.05, 0) is 19.8 Å². The topological polar surface area (TPSA) is 72.9 Å². The van der Waals surface area contributed by atoms with E-state index in [1.54, 1.807) is 6.92 Å². The zero-order valence-corrected chi connectivity index (χ0v) is 9.93. The Bertz CT molecular complexity index is 502. The van der Waals surface area contributed by atoms with Gasteiger partial charge in [0.05, 0.1) is 11.4 Å². The minimum Gasteiger partial charge on any atom is -0.395 e. The van der Waals surface area contributed by atoms with Crippen LogP contribution in [0.1, 0.15) is 29.0 Å². The van der Waals surface area contributed by atoms with Gasteiger partial charge < -0.3 is 11.1 Å². The maximum absolute atomic E-state index is 12.7. The fourth-order valence-electron chi connectivity index (χ4n) is 1.82. The van der Waals surface area contributed by atoms with Gasteiger partial charge in [-0.15, -0.1) is 0 Å². The molecule has 1 saturated carbocycles. The van der Waals surface area contributed by atoms with Gasteiger partial charge in [0.2, 0.25) is 0 Å². The van der Waals surface area contributed by atoms with Gasteiger partial charge >= 0.3 is 6.18 Å². The molecule has 0 spiro atoms. The summed E-state index contributed by atoms with van der Waals surface area (Å²) in [6.07, 6.45) is -4.64. The van der Waals surface area contributed by atoms with Crippen molar-refractivity contribution in [1.29, 1.82) is 0 Å². The largest absolute Gasteiger partial charge is 0.411 e. The molecule has 3 N–H and O–H groups in total. The number of nitrogen functional groups attached to an aromatic ring is 1. The number of aryl methyl sites for hydroxylation is 2. The third kappa shape index (κ3) is 1.81. The van der Waals surface area contributed by atoms with Crippen molar-refractivity contribution in [3.8, 4) is 0 Å². The number of aromatic nitrogens is 2. The highest BCUT2D eigenvalue weighted by molar-refractivity contribution is 5.98. The van der Waals surface area contributed by atoms with E-state index in [1.165, 1.54) is 11.7 Å². The number of carbonyl (C=O) groups is 1. The lowest BCUT2D eigenvalue weighted by Gasteiger charge is -2.20. The van der Waals surface area contributed by atoms with E-state index in [1.807, 2.05) is 5.32 Å². The monoisotopic (exact) mass is 262 g/mol. The Morgan fingerprint density at radius 1 is 1.50 bits per heavy atom. The van der Waals surface area contributed by atoms with Gasteiger partial charge in [0.25, 0.3) is 5.91 Å². The van der Waals surface area contributed by atoms with Crippen molar-refractivity contribution in [2.45, 2.75) is 31.5 Å². The maximum atomic E-state index is 12.7. The van der Waals surface area contributed by atoms with Crippen molar-refractivity contribution in [3.63, 3.8) is 0 Å². The molecule has 1 heterocycles. The minimum absolute atomic E-state index is 0.0389. The van der Waals surface area contributed by atoms with Gasteiger partial charge in [-0.1, -0.05) is 0 Å². The van der Waals surface area contributed by atoms with Gasteiger partial charge in [-0.2, -0.15) is 18.3 Å². The molecule has 100 valence electrons. The standard InChI is InChI=1S/C10H13F3N4O/c1-5-6(14)7(17(2)16-5)8(18)15-9(3-4-9)10(11,12)13/h3-4,14H2,1-2H3,(H,15,18). The number of amides is 1. The molecule has 1 aliphatic carbocycles. The van der Waals surface area contributed by atoms with Gasteiger partial charge in [-0.3, -0.25) is 9.48 Å². The summed E-state index contributed by atoms with van der Waals surface area (Å²) in [7, 11) is 1.46. The maximum Gasteiger partial charge on any atom is 0.411 e. The van der Waals surface area contributed by atoms with Crippen molar-refractivity contribution < 1.29 is 18.0 Å². The average Bonchev–Trinajstić information content (AvgIpc) is 2.92. The normalized spacial score (nSPS) is 17.6. The van der Waals surface area contributed by atoms with Gasteiger partial charge in [-0.25, -0.2) is 0 Å². The van der Waals surface area contributed by atoms with Crippen molar-refractivity contribution in [3.05, 3.63) is 11.4 Å². The third-order valence-corrected chi connectivity index (χ3v) is 3.13. The highest BCUT2D eigenvalue weighted by Crippen LogP contribution is 2.49. The summed E-state index contributed by atoms with van der Waals surface area (Å²) < 4.78 is 39.3. The van der Waals surface area contributed by atoms with Crippen LogP contribution in [0.25, 0.3) is 0 Å². The number of hydrogen-bond acceptors (Lipinski definition) is 3. The molecule has 1 fully saturated rings. The molecule has 1 aliphatic rings. The number of nitrogens with two attached hydrogens (primary N) is 1. The van der Waals surface area contributed by atoms with Crippen molar-refractivity contribution in [1.82, 2.24) is 15.1 Å². The number of alkyl halides is 3. The fraction of sp³-hybridized carbons (Fsp3) is 0.600. The molecule has 0 atom stereocenters. The number of rotatable bonds is 2. The fourth-order valence-corrected chi connectivity index (χ4v) is 1.82. The molecule has 2 rings (SSSR count). The van der Waals surface area contributed by atoms with Crippen molar-refractivity contribution >= 4 is 11.6 Å². The van der Waals surface area contributed by atoms with Crippen molar-refractivity contribution in [2.75, 3.05) is 5.73 Å². The van der Waals surface area contributed by atoms with Crippen LogP contribution in [0, 0.1) is 6.92 Å². The van der Waals surface area contributed by atoms with E-state index in [2.05, 4.69) is 5.10 Å². The summed E-state index contributed by atoms with van der Waals surface area (Å²) in [5.74, 6) is -0.842. The summed E-state index contributed by atoms with van der Waals surface area (Å²) in [6.45, 7) is 1.59. The predicted octanol–water partition coefficient (Wildman–Crippen LogP) is 1.14. The first-order valence-electron chi connectivity index (χ1n) is 5.36. The molecule has 18 heavy (non-hydrogen) atoms. The quantitative estimate of drug-likeness (QED) is 0.839. The molecule has 0 saturated heterocycles. The Balaban J connectivity index is 2.24. The first-order valence-corrected chi connectivity index (χ1v) is 5.36. The molecule has 0 radical (unpaired) electrons. The summed E-state index contributed by atoms with van der Waals surface area (Å²) in [5.41, 5.74) is 4.02. The van der Waals surface area contributed by atoms with Crippen LogP contribution in [0.5, 0.6) is 0 Å². The van der Waals surface area contributed by atoms with E-state index >= 15 is 0 Å². The molecule has 0 bridgehead atoms. The summed E-state index contributed by atoms with van der Waals surface area (Å²) in [4.78, 5) is 11.9. The van der Waals surface area contributed by atoms with Crippen LogP contribution in [0.15, 0.2) is 0 Å². The van der Waals surface area contributed by atoms with E-state index in [0.29, 0.717) is 5.69 Å². The Morgan fingerprint density at radius 2 is 2.06 bits per heavy atom. The van der Waals surface area contributed by atoms with E-state index < -0.39 is 17.6 Å². The van der Waals surface area contributed by atoms with E-state index in [4.69, 9.17) is 5.73 Å². The lowest BCUT2D eigenvalue weighted by molar-refractivity contribution is -0.163. The Kier molecular flexibility index (Phi) is 2.56. The minimum atomic E-state index is -4.44. The van der Waals surface area contributed by atoms with E-state index in [9.17, 15) is 18.0 Å². The van der Waals surface area contributed by atoms with Crippen LogP contribution in [-0.4, -0.2) is 27.4 Å². The van der Waals surface area contributed by atoms with Crippen LogP contribution in [0.2, 0.25) is 0 Å². The van der Waals surface area contributed by atoms with E-state index in [-0.39, 0.29) is 24.2 Å². The summed E-state index contributed by atoms with van der Waals surface area (Å²) in [6, 6.07) is 0. The molecule has 0 aliphatic heterocycles. The van der Waals surface area contributed by atoms with Gasteiger partial charge in [0.15, 0.2) is 0 Å². The summed E-state index contributed by atoms with van der Waals surface area (Å²) >= 11 is 0. The van der Waals surface area contributed by atoms with E-state index in [0.717, 1.165) is 0 Å². The second kappa shape index (κ2) is 3.63. The number of nitrogens with one attached hydrogen (secondary N) is 1. The molecule has 1 aromatic heterocycles. The van der Waals surface area contributed by atoms with Crippen LogP contribution >= 0.6 is 0 Å². The number of hydrogen-bond donors (Lipinski definition) is 2. The predicted molar refractivity (Wildman–Crippen MR) is 57.8 cm³/mol. The first kappa shape index (κ1) is 12.7. The van der Waals surface area contributed by atoms with Crippen LogP contribution < -0.4 is 11.1 Å². The lowest BCUT2D eigenvalue weighted by atomic mass is 10.2. The van der Waals surface area contributed by atoms with Crippen molar-refractivity contribution in [2.24, 2.45) is 7.05 Å². The second-order valence-corrected chi connectivity index (χ2v) is 4.51. The Hall–Kier alpha value is -1.73. The zero-order chi connectivity index (χ0) is 13.7. The highest BCUT2D eigenvalue weighted by atomic mass is 19.4. The SMILES string of the molecule is Cc1nn(C)c(C(=O)NC2(C(F)(F)F)CC2)c1N. The molecule has 1 aromatic rings. The summed E-state index contributed by atoms with van der Waals surface area (Å²) in [5, 5.41) is 5.91. The highest BCUT2D eigenvalue weighted by Gasteiger charge is 2.64. The smallest absolute Gasteiger partial charge is 0.395 e. The number of carbonyl (C=O) groups excluding carboxylic acids is 1.